The van der Waals surface area contributed by atoms with E-state index in [2.05, 4.69) is 11.4 Å². The highest BCUT2D eigenvalue weighted by Gasteiger charge is 2.19. The molecule has 4 heteroatoms. The molecule has 0 saturated heterocycles. The molecule has 3 nitrogen and oxygen atoms in total. The van der Waals surface area contributed by atoms with Crippen LogP contribution in [0.2, 0.25) is 0 Å². The van der Waals surface area contributed by atoms with Gasteiger partial charge in [0.2, 0.25) is 5.91 Å². The second-order valence-electron chi connectivity index (χ2n) is 4.27. The molecule has 0 bridgehead atoms. The van der Waals surface area contributed by atoms with E-state index in [-0.39, 0.29) is 5.91 Å². The summed E-state index contributed by atoms with van der Waals surface area (Å²) in [6.07, 6.45) is 0.464. The van der Waals surface area contributed by atoms with Gasteiger partial charge < -0.3 is 5.32 Å². The minimum absolute atomic E-state index is 0.245. The molecule has 1 heterocycles. The molecule has 1 amide bonds. The van der Waals surface area contributed by atoms with Crippen LogP contribution in [-0.4, -0.2) is 5.91 Å². The van der Waals surface area contributed by atoms with Crippen LogP contribution in [0.4, 0.5) is 5.69 Å². The zero-order chi connectivity index (χ0) is 13.7. The number of rotatable bonds is 4. The molecule has 1 unspecified atom stereocenters. The summed E-state index contributed by atoms with van der Waals surface area (Å²) in [6.45, 7) is 1.93. The maximum absolute atomic E-state index is 12.1. The normalized spacial score (nSPS) is 11.6. The first-order valence-electron chi connectivity index (χ1n) is 5.99. The third kappa shape index (κ3) is 3.43. The summed E-state index contributed by atoms with van der Waals surface area (Å²) >= 11 is 1.56. The lowest BCUT2D eigenvalue weighted by atomic mass is 10.0. The maximum Gasteiger partial charge on any atom is 0.242 e. The predicted molar refractivity (Wildman–Crippen MR) is 76.9 cm³/mol. The Labute approximate surface area is 116 Å². The Morgan fingerprint density at radius 3 is 2.79 bits per heavy atom. The molecule has 1 N–H and O–H groups in total. The zero-order valence-electron chi connectivity index (χ0n) is 10.6. The predicted octanol–water partition coefficient (Wildman–Crippen LogP) is 3.38. The van der Waals surface area contributed by atoms with Gasteiger partial charge in [-0.15, -0.1) is 11.3 Å². The summed E-state index contributed by atoms with van der Waals surface area (Å²) in [5.41, 5.74) is 1.75. The molecule has 1 aromatic carbocycles. The Morgan fingerprint density at radius 1 is 1.37 bits per heavy atom. The van der Waals surface area contributed by atoms with Gasteiger partial charge in [-0.05, 0) is 30.0 Å². The number of carbonyl (C=O) groups excluding carboxylic acids is 1. The molecule has 1 atom stereocenters. The largest absolute Gasteiger partial charge is 0.325 e. The fraction of sp³-hybridized carbons (Fsp3) is 0.200. The fourth-order valence-electron chi connectivity index (χ4n) is 1.76. The van der Waals surface area contributed by atoms with Crippen LogP contribution in [-0.2, 0) is 11.2 Å². The first-order chi connectivity index (χ1) is 9.20. The highest BCUT2D eigenvalue weighted by molar-refractivity contribution is 7.09. The Kier molecular flexibility index (Phi) is 4.32. The molecule has 0 spiro atoms. The van der Waals surface area contributed by atoms with Crippen LogP contribution in [0.3, 0.4) is 0 Å². The average Bonchev–Trinajstić information content (AvgIpc) is 2.91. The van der Waals surface area contributed by atoms with Crippen LogP contribution in [0.1, 0.15) is 10.4 Å². The second kappa shape index (κ2) is 6.17. The summed E-state index contributed by atoms with van der Waals surface area (Å²) in [6, 6.07) is 13.5. The average molecular weight is 270 g/mol. The van der Waals surface area contributed by atoms with Crippen molar-refractivity contribution in [2.24, 2.45) is 5.92 Å². The van der Waals surface area contributed by atoms with Crippen molar-refractivity contribution in [2.75, 3.05) is 5.32 Å². The number of carbonyl (C=O) groups is 1. The van der Waals surface area contributed by atoms with Crippen molar-refractivity contribution in [3.8, 4) is 6.07 Å². The van der Waals surface area contributed by atoms with Gasteiger partial charge in [0.25, 0.3) is 0 Å². The van der Waals surface area contributed by atoms with Crippen LogP contribution < -0.4 is 5.32 Å². The summed E-state index contributed by atoms with van der Waals surface area (Å²) < 4.78 is 0. The molecule has 19 heavy (non-hydrogen) atoms. The molecule has 0 radical (unpaired) electrons. The van der Waals surface area contributed by atoms with Gasteiger partial charge in [0, 0.05) is 17.0 Å². The molecule has 0 fully saturated rings. The minimum atomic E-state index is -0.654. The third-order valence-electron chi connectivity index (χ3n) is 2.86. The molecule has 2 rings (SSSR count). The smallest absolute Gasteiger partial charge is 0.242 e. The molecule has 96 valence electrons. The van der Waals surface area contributed by atoms with E-state index in [4.69, 9.17) is 5.26 Å². The lowest BCUT2D eigenvalue weighted by molar-refractivity contribution is -0.118. The number of aryl methyl sites for hydroxylation is 1. The molecule has 0 aliphatic heterocycles. The number of hydrogen-bond acceptors (Lipinski definition) is 3. The van der Waals surface area contributed by atoms with Crippen molar-refractivity contribution in [1.82, 2.24) is 0 Å². The van der Waals surface area contributed by atoms with Crippen molar-refractivity contribution in [2.45, 2.75) is 13.3 Å². The van der Waals surface area contributed by atoms with Gasteiger partial charge in [-0.2, -0.15) is 5.26 Å². The summed E-state index contributed by atoms with van der Waals surface area (Å²) in [7, 11) is 0. The Bertz CT molecular complexity index is 599. The van der Waals surface area contributed by atoms with Gasteiger partial charge >= 0.3 is 0 Å². The van der Waals surface area contributed by atoms with Crippen LogP contribution in [0.25, 0.3) is 0 Å². The van der Waals surface area contributed by atoms with E-state index >= 15 is 0 Å². The number of nitrogens with zero attached hydrogens (tertiary/aromatic N) is 1. The zero-order valence-corrected chi connectivity index (χ0v) is 11.4. The number of benzene rings is 1. The van der Waals surface area contributed by atoms with E-state index in [1.807, 2.05) is 48.7 Å². The van der Waals surface area contributed by atoms with Crippen molar-refractivity contribution in [3.05, 3.63) is 52.2 Å². The van der Waals surface area contributed by atoms with Gasteiger partial charge in [-0.25, -0.2) is 0 Å². The van der Waals surface area contributed by atoms with E-state index in [1.54, 1.807) is 11.3 Å². The van der Waals surface area contributed by atoms with Crippen LogP contribution in [0.5, 0.6) is 0 Å². The molecular formula is C15H14N2OS. The lowest BCUT2D eigenvalue weighted by Gasteiger charge is -2.11. The number of nitriles is 1. The fourth-order valence-corrected chi connectivity index (χ4v) is 2.51. The van der Waals surface area contributed by atoms with Gasteiger partial charge in [0.15, 0.2) is 0 Å². The number of hydrogen-bond donors (Lipinski definition) is 1. The van der Waals surface area contributed by atoms with Crippen molar-refractivity contribution in [3.63, 3.8) is 0 Å². The summed E-state index contributed by atoms with van der Waals surface area (Å²) in [5, 5.41) is 13.9. The Balaban J connectivity index is 2.06. The highest BCUT2D eigenvalue weighted by Crippen LogP contribution is 2.18. The topological polar surface area (TPSA) is 52.9 Å². The van der Waals surface area contributed by atoms with E-state index in [1.165, 1.54) is 0 Å². The van der Waals surface area contributed by atoms with Crippen molar-refractivity contribution < 1.29 is 4.79 Å². The third-order valence-corrected chi connectivity index (χ3v) is 3.76. The number of amides is 1. The molecule has 0 aliphatic carbocycles. The Hall–Kier alpha value is -2.12. The monoisotopic (exact) mass is 270 g/mol. The quantitative estimate of drug-likeness (QED) is 0.926. The van der Waals surface area contributed by atoms with Crippen molar-refractivity contribution >= 4 is 22.9 Å². The molecule has 0 aliphatic rings. The number of nitrogens with one attached hydrogen (secondary N) is 1. The Morgan fingerprint density at radius 2 is 2.16 bits per heavy atom. The van der Waals surface area contributed by atoms with Gasteiger partial charge in [0.05, 0.1) is 6.07 Å². The van der Waals surface area contributed by atoms with E-state index in [0.29, 0.717) is 6.42 Å². The molecule has 2 aromatic rings. The maximum atomic E-state index is 12.1. The second-order valence-corrected chi connectivity index (χ2v) is 5.30. The molecule has 0 saturated carbocycles. The minimum Gasteiger partial charge on any atom is -0.325 e. The number of para-hydroxylation sites is 1. The molecular weight excluding hydrogens is 256 g/mol. The van der Waals surface area contributed by atoms with E-state index in [9.17, 15) is 4.79 Å². The highest BCUT2D eigenvalue weighted by atomic mass is 32.1. The van der Waals surface area contributed by atoms with E-state index in [0.717, 1.165) is 16.1 Å². The van der Waals surface area contributed by atoms with Gasteiger partial charge in [-0.3, -0.25) is 4.79 Å². The number of anilines is 1. The van der Waals surface area contributed by atoms with Gasteiger partial charge in [0.1, 0.15) is 5.92 Å². The lowest BCUT2D eigenvalue weighted by Crippen LogP contribution is -2.23. The first-order valence-corrected chi connectivity index (χ1v) is 6.87. The summed E-state index contributed by atoms with van der Waals surface area (Å²) in [5.74, 6) is -0.900. The summed E-state index contributed by atoms with van der Waals surface area (Å²) in [4.78, 5) is 13.1. The number of thiophene rings is 1. The van der Waals surface area contributed by atoms with E-state index < -0.39 is 5.92 Å². The molecule has 1 aromatic heterocycles. The van der Waals surface area contributed by atoms with Crippen LogP contribution in [0, 0.1) is 24.2 Å². The van der Waals surface area contributed by atoms with Gasteiger partial charge in [-0.1, -0.05) is 24.3 Å². The first kappa shape index (κ1) is 13.3. The van der Waals surface area contributed by atoms with Crippen molar-refractivity contribution in [1.29, 1.82) is 5.26 Å². The standard InChI is InChI=1S/C15H14N2OS/c1-11-5-2-3-7-14(11)17-15(18)12(10-16)9-13-6-4-8-19-13/h2-8,12H,9H2,1H3,(H,17,18). The van der Waals surface area contributed by atoms with Crippen LogP contribution >= 0.6 is 11.3 Å². The van der Waals surface area contributed by atoms with Crippen LogP contribution in [0.15, 0.2) is 41.8 Å². The SMILES string of the molecule is Cc1ccccc1NC(=O)C(C#N)Cc1cccs1.